The Hall–Kier alpha value is -1.68. The van der Waals surface area contributed by atoms with Gasteiger partial charge in [0.2, 0.25) is 5.91 Å². The fourth-order valence-electron chi connectivity index (χ4n) is 3.03. The third-order valence-electron chi connectivity index (χ3n) is 4.36. The number of hydrogen-bond acceptors (Lipinski definition) is 3. The molecule has 1 fully saturated rings. The van der Waals surface area contributed by atoms with E-state index in [4.69, 9.17) is 0 Å². The number of rotatable bonds is 5. The van der Waals surface area contributed by atoms with E-state index in [0.717, 1.165) is 49.5 Å². The van der Waals surface area contributed by atoms with Gasteiger partial charge in [-0.3, -0.25) is 4.79 Å². The van der Waals surface area contributed by atoms with Crippen LogP contribution in [0.4, 0.5) is 0 Å². The summed E-state index contributed by atoms with van der Waals surface area (Å²) < 4.78 is 0. The summed E-state index contributed by atoms with van der Waals surface area (Å²) in [5.41, 5.74) is 2.28. The van der Waals surface area contributed by atoms with Gasteiger partial charge in [-0.05, 0) is 24.8 Å². The minimum Gasteiger partial charge on any atom is -0.342 e. The molecular formula is C19H24N2OS. The second-order valence-corrected chi connectivity index (χ2v) is 7.13. The van der Waals surface area contributed by atoms with Crippen molar-refractivity contribution in [2.45, 2.75) is 44.9 Å². The first-order valence-electron chi connectivity index (χ1n) is 8.56. The van der Waals surface area contributed by atoms with Crippen molar-refractivity contribution in [2.24, 2.45) is 0 Å². The van der Waals surface area contributed by atoms with Crippen molar-refractivity contribution < 1.29 is 4.79 Å². The molecule has 1 saturated heterocycles. The van der Waals surface area contributed by atoms with Gasteiger partial charge in [-0.2, -0.15) is 0 Å². The van der Waals surface area contributed by atoms with Crippen molar-refractivity contribution in [3.63, 3.8) is 0 Å². The van der Waals surface area contributed by atoms with E-state index < -0.39 is 0 Å². The third-order valence-corrected chi connectivity index (χ3v) is 5.32. The van der Waals surface area contributed by atoms with E-state index in [1.165, 1.54) is 18.4 Å². The minimum absolute atomic E-state index is 0.242. The summed E-state index contributed by atoms with van der Waals surface area (Å²) >= 11 is 1.68. The van der Waals surface area contributed by atoms with Crippen LogP contribution in [0.3, 0.4) is 0 Å². The van der Waals surface area contributed by atoms with Gasteiger partial charge < -0.3 is 4.90 Å². The summed E-state index contributed by atoms with van der Waals surface area (Å²) in [5.74, 6) is 0.242. The minimum atomic E-state index is 0.242. The van der Waals surface area contributed by atoms with Crippen LogP contribution in [0, 0.1) is 0 Å². The zero-order valence-corrected chi connectivity index (χ0v) is 14.4. The van der Waals surface area contributed by atoms with E-state index in [1.807, 2.05) is 11.0 Å². The molecule has 23 heavy (non-hydrogen) atoms. The number of benzene rings is 1. The molecule has 3 nitrogen and oxygen atoms in total. The van der Waals surface area contributed by atoms with E-state index in [9.17, 15) is 4.79 Å². The molecule has 1 aliphatic heterocycles. The second kappa shape index (κ2) is 8.25. The first kappa shape index (κ1) is 16.2. The zero-order chi connectivity index (χ0) is 15.9. The highest BCUT2D eigenvalue weighted by Crippen LogP contribution is 2.16. The highest BCUT2D eigenvalue weighted by atomic mass is 32.1. The molecule has 1 amide bonds. The lowest BCUT2D eigenvalue weighted by molar-refractivity contribution is -0.130. The van der Waals surface area contributed by atoms with Crippen molar-refractivity contribution in [3.8, 4) is 0 Å². The van der Waals surface area contributed by atoms with E-state index in [1.54, 1.807) is 11.3 Å². The maximum atomic E-state index is 12.4. The summed E-state index contributed by atoms with van der Waals surface area (Å²) in [6.07, 6.45) is 7.22. The maximum absolute atomic E-state index is 12.4. The van der Waals surface area contributed by atoms with Gasteiger partial charge in [0.15, 0.2) is 0 Å². The van der Waals surface area contributed by atoms with E-state index in [-0.39, 0.29) is 5.91 Å². The quantitative estimate of drug-likeness (QED) is 0.834. The van der Waals surface area contributed by atoms with Crippen molar-refractivity contribution in [2.75, 3.05) is 13.1 Å². The topological polar surface area (TPSA) is 33.2 Å². The van der Waals surface area contributed by atoms with Crippen LogP contribution in [-0.2, 0) is 24.1 Å². The molecule has 1 aromatic heterocycles. The van der Waals surface area contributed by atoms with Crippen LogP contribution in [0.25, 0.3) is 0 Å². The van der Waals surface area contributed by atoms with Crippen LogP contribution < -0.4 is 0 Å². The molecule has 4 heteroatoms. The lowest BCUT2D eigenvalue weighted by atomic mass is 10.1. The number of carbonyl (C=O) groups excluding carboxylic acids is 1. The average molecular weight is 328 g/mol. The monoisotopic (exact) mass is 328 g/mol. The van der Waals surface area contributed by atoms with Gasteiger partial charge in [-0.25, -0.2) is 4.98 Å². The van der Waals surface area contributed by atoms with Crippen LogP contribution in [0.2, 0.25) is 0 Å². The van der Waals surface area contributed by atoms with Gasteiger partial charge >= 0.3 is 0 Å². The number of likely N-dealkylation sites (tertiary alicyclic amines) is 1. The van der Waals surface area contributed by atoms with E-state index in [2.05, 4.69) is 34.6 Å². The van der Waals surface area contributed by atoms with Crippen molar-refractivity contribution in [3.05, 3.63) is 52.0 Å². The highest BCUT2D eigenvalue weighted by molar-refractivity contribution is 7.09. The molecule has 0 atom stereocenters. The van der Waals surface area contributed by atoms with Crippen LogP contribution >= 0.6 is 11.3 Å². The van der Waals surface area contributed by atoms with Crippen LogP contribution in [0.15, 0.2) is 35.7 Å². The predicted molar refractivity (Wildman–Crippen MR) is 94.7 cm³/mol. The molecule has 0 bridgehead atoms. The van der Waals surface area contributed by atoms with E-state index in [0.29, 0.717) is 6.42 Å². The van der Waals surface area contributed by atoms with Gasteiger partial charge in [0.05, 0.1) is 17.1 Å². The molecule has 1 aliphatic rings. The molecular weight excluding hydrogens is 304 g/mol. The number of carbonyl (C=O) groups is 1. The van der Waals surface area contributed by atoms with Crippen molar-refractivity contribution in [1.29, 1.82) is 0 Å². The molecule has 0 saturated carbocycles. The SMILES string of the molecule is O=C(Cc1csc(CCc2ccccc2)n1)N1CCCCCC1. The Labute approximate surface area is 142 Å². The number of thiazole rings is 1. The summed E-state index contributed by atoms with van der Waals surface area (Å²) in [5, 5.41) is 3.18. The highest BCUT2D eigenvalue weighted by Gasteiger charge is 2.17. The number of aryl methyl sites for hydroxylation is 2. The lowest BCUT2D eigenvalue weighted by Gasteiger charge is -2.19. The Morgan fingerprint density at radius 1 is 1.04 bits per heavy atom. The summed E-state index contributed by atoms with van der Waals surface area (Å²) in [4.78, 5) is 19.1. The average Bonchev–Trinajstić information content (AvgIpc) is 2.84. The van der Waals surface area contributed by atoms with Gasteiger partial charge in [0.1, 0.15) is 0 Å². The van der Waals surface area contributed by atoms with Crippen LogP contribution in [-0.4, -0.2) is 28.9 Å². The van der Waals surface area contributed by atoms with Crippen molar-refractivity contribution in [1.82, 2.24) is 9.88 Å². The summed E-state index contributed by atoms with van der Waals surface area (Å²) in [6, 6.07) is 10.5. The molecule has 2 heterocycles. The molecule has 1 aromatic carbocycles. The molecule has 0 N–H and O–H groups in total. The number of hydrogen-bond donors (Lipinski definition) is 0. The molecule has 3 rings (SSSR count). The van der Waals surface area contributed by atoms with Crippen LogP contribution in [0.1, 0.15) is 41.9 Å². The Balaban J connectivity index is 1.51. The zero-order valence-electron chi connectivity index (χ0n) is 13.5. The van der Waals surface area contributed by atoms with Gasteiger partial charge in [-0.15, -0.1) is 11.3 Å². The third kappa shape index (κ3) is 4.90. The summed E-state index contributed by atoms with van der Waals surface area (Å²) in [6.45, 7) is 1.84. The molecule has 122 valence electrons. The lowest BCUT2D eigenvalue weighted by Crippen LogP contribution is -2.33. The Bertz CT molecular complexity index is 615. The van der Waals surface area contributed by atoms with Gasteiger partial charge in [-0.1, -0.05) is 43.2 Å². The molecule has 0 aliphatic carbocycles. The first-order valence-corrected chi connectivity index (χ1v) is 9.44. The number of aromatic nitrogens is 1. The fraction of sp³-hybridized carbons (Fsp3) is 0.474. The standard InChI is InChI=1S/C19H24N2OS/c22-19(21-12-6-1-2-7-13-21)14-17-15-23-18(20-17)11-10-16-8-4-3-5-9-16/h3-5,8-9,15H,1-2,6-7,10-14H2. The number of amides is 1. The molecule has 2 aromatic rings. The molecule has 0 spiro atoms. The maximum Gasteiger partial charge on any atom is 0.228 e. The van der Waals surface area contributed by atoms with Crippen molar-refractivity contribution >= 4 is 17.2 Å². The molecule has 0 radical (unpaired) electrons. The van der Waals surface area contributed by atoms with Gasteiger partial charge in [0.25, 0.3) is 0 Å². The predicted octanol–water partition coefficient (Wildman–Crippen LogP) is 3.87. The Morgan fingerprint density at radius 3 is 2.52 bits per heavy atom. The van der Waals surface area contributed by atoms with E-state index >= 15 is 0 Å². The number of nitrogens with zero attached hydrogens (tertiary/aromatic N) is 2. The van der Waals surface area contributed by atoms with Gasteiger partial charge in [0, 0.05) is 24.9 Å². The molecule has 0 unspecified atom stereocenters. The summed E-state index contributed by atoms with van der Waals surface area (Å²) in [7, 11) is 0. The second-order valence-electron chi connectivity index (χ2n) is 6.19. The normalized spacial score (nSPS) is 15.4. The first-order chi connectivity index (χ1) is 11.3. The Morgan fingerprint density at radius 2 is 1.78 bits per heavy atom. The Kier molecular flexibility index (Phi) is 5.81. The fourth-order valence-corrected chi connectivity index (χ4v) is 3.83. The largest absolute Gasteiger partial charge is 0.342 e. The van der Waals surface area contributed by atoms with Crippen LogP contribution in [0.5, 0.6) is 0 Å². The smallest absolute Gasteiger partial charge is 0.228 e.